The SMILES string of the molecule is COc1ccc(C(CO)N2CCNCC2C)cc1Br. The Labute approximate surface area is 122 Å². The highest BCUT2D eigenvalue weighted by atomic mass is 79.9. The van der Waals surface area contributed by atoms with Gasteiger partial charge in [0.05, 0.1) is 24.2 Å². The second kappa shape index (κ2) is 6.70. The molecule has 0 saturated carbocycles. The lowest BCUT2D eigenvalue weighted by atomic mass is 10.0. The van der Waals surface area contributed by atoms with E-state index in [9.17, 15) is 5.11 Å². The van der Waals surface area contributed by atoms with E-state index in [1.165, 1.54) is 0 Å². The van der Waals surface area contributed by atoms with Gasteiger partial charge in [-0.15, -0.1) is 0 Å². The maximum Gasteiger partial charge on any atom is 0.133 e. The van der Waals surface area contributed by atoms with E-state index >= 15 is 0 Å². The number of ether oxygens (including phenoxy) is 1. The fraction of sp³-hybridized carbons (Fsp3) is 0.571. The second-order valence-corrected chi connectivity index (χ2v) is 5.74. The van der Waals surface area contributed by atoms with E-state index in [1.807, 2.05) is 18.2 Å². The average molecular weight is 329 g/mol. The number of hydrogen-bond donors (Lipinski definition) is 2. The molecule has 1 fully saturated rings. The molecule has 0 radical (unpaired) electrons. The van der Waals surface area contributed by atoms with Crippen molar-refractivity contribution in [2.45, 2.75) is 19.0 Å². The molecule has 0 bridgehead atoms. The Morgan fingerprint density at radius 1 is 1.58 bits per heavy atom. The molecule has 1 aliphatic heterocycles. The highest BCUT2D eigenvalue weighted by molar-refractivity contribution is 9.10. The predicted molar refractivity (Wildman–Crippen MR) is 79.6 cm³/mol. The Balaban J connectivity index is 2.23. The van der Waals surface area contributed by atoms with Gasteiger partial charge >= 0.3 is 0 Å². The Bertz CT molecular complexity index is 428. The van der Waals surface area contributed by atoms with Crippen molar-refractivity contribution in [1.29, 1.82) is 0 Å². The van der Waals surface area contributed by atoms with Gasteiger partial charge < -0.3 is 15.2 Å². The molecule has 4 nitrogen and oxygen atoms in total. The summed E-state index contributed by atoms with van der Waals surface area (Å²) in [5, 5.41) is 13.1. The molecule has 0 spiro atoms. The number of aliphatic hydroxyl groups excluding tert-OH is 1. The van der Waals surface area contributed by atoms with Crippen LogP contribution in [0.4, 0.5) is 0 Å². The van der Waals surface area contributed by atoms with E-state index < -0.39 is 0 Å². The van der Waals surface area contributed by atoms with E-state index in [2.05, 4.69) is 33.1 Å². The van der Waals surface area contributed by atoms with E-state index in [-0.39, 0.29) is 12.6 Å². The van der Waals surface area contributed by atoms with Crippen molar-refractivity contribution in [3.05, 3.63) is 28.2 Å². The number of nitrogens with zero attached hydrogens (tertiary/aromatic N) is 1. The molecule has 1 aliphatic rings. The van der Waals surface area contributed by atoms with Gasteiger partial charge in [-0.05, 0) is 40.5 Å². The van der Waals surface area contributed by atoms with E-state index in [0.29, 0.717) is 6.04 Å². The number of hydrogen-bond acceptors (Lipinski definition) is 4. The van der Waals surface area contributed by atoms with Crippen LogP contribution in [0, 0.1) is 0 Å². The molecule has 2 N–H and O–H groups in total. The summed E-state index contributed by atoms with van der Waals surface area (Å²) < 4.78 is 6.17. The quantitative estimate of drug-likeness (QED) is 0.884. The summed E-state index contributed by atoms with van der Waals surface area (Å²) in [6.07, 6.45) is 0. The molecule has 5 heteroatoms. The minimum Gasteiger partial charge on any atom is -0.496 e. The van der Waals surface area contributed by atoms with Gasteiger partial charge in [-0.1, -0.05) is 6.07 Å². The third-order valence-electron chi connectivity index (χ3n) is 3.69. The molecule has 0 amide bonds. The fourth-order valence-electron chi connectivity index (χ4n) is 2.61. The Hall–Kier alpha value is -0.620. The zero-order valence-corrected chi connectivity index (χ0v) is 13.0. The highest BCUT2D eigenvalue weighted by Crippen LogP contribution is 2.31. The molecule has 1 saturated heterocycles. The number of benzene rings is 1. The fourth-order valence-corrected chi connectivity index (χ4v) is 3.17. The van der Waals surface area contributed by atoms with Gasteiger partial charge in [-0.3, -0.25) is 4.90 Å². The van der Waals surface area contributed by atoms with Crippen LogP contribution in [0.1, 0.15) is 18.5 Å². The molecule has 2 unspecified atom stereocenters. The molecule has 1 aromatic rings. The minimum absolute atomic E-state index is 0.0410. The maximum absolute atomic E-state index is 9.76. The normalized spacial score (nSPS) is 22.2. The molecule has 2 atom stereocenters. The topological polar surface area (TPSA) is 44.7 Å². The zero-order chi connectivity index (χ0) is 13.8. The van der Waals surface area contributed by atoms with Crippen molar-refractivity contribution in [1.82, 2.24) is 10.2 Å². The van der Waals surface area contributed by atoms with Crippen LogP contribution in [-0.4, -0.2) is 49.4 Å². The summed E-state index contributed by atoms with van der Waals surface area (Å²) in [6, 6.07) is 6.47. The smallest absolute Gasteiger partial charge is 0.133 e. The van der Waals surface area contributed by atoms with E-state index in [4.69, 9.17) is 4.74 Å². The first-order chi connectivity index (χ1) is 9.17. The van der Waals surface area contributed by atoms with Crippen LogP contribution in [0.5, 0.6) is 5.75 Å². The first-order valence-electron chi connectivity index (χ1n) is 6.58. The third-order valence-corrected chi connectivity index (χ3v) is 4.31. The van der Waals surface area contributed by atoms with Crippen molar-refractivity contribution in [2.75, 3.05) is 33.4 Å². The van der Waals surface area contributed by atoms with Crippen molar-refractivity contribution in [3.63, 3.8) is 0 Å². The lowest BCUT2D eigenvalue weighted by molar-refractivity contribution is 0.0723. The van der Waals surface area contributed by atoms with E-state index in [0.717, 1.165) is 35.4 Å². The molecule has 0 aliphatic carbocycles. The summed E-state index contributed by atoms with van der Waals surface area (Å²) in [6.45, 7) is 5.21. The first-order valence-corrected chi connectivity index (χ1v) is 7.37. The average Bonchev–Trinajstić information content (AvgIpc) is 2.42. The van der Waals surface area contributed by atoms with Gasteiger partial charge in [-0.25, -0.2) is 0 Å². The summed E-state index contributed by atoms with van der Waals surface area (Å²) in [7, 11) is 1.65. The van der Waals surface area contributed by atoms with Gasteiger partial charge in [0, 0.05) is 25.7 Å². The number of aliphatic hydroxyl groups is 1. The molecular weight excluding hydrogens is 308 g/mol. The second-order valence-electron chi connectivity index (χ2n) is 4.88. The van der Waals surface area contributed by atoms with Gasteiger partial charge in [0.15, 0.2) is 0 Å². The van der Waals surface area contributed by atoms with Crippen molar-refractivity contribution in [2.24, 2.45) is 0 Å². The first kappa shape index (κ1) is 14.8. The summed E-state index contributed by atoms with van der Waals surface area (Å²) in [5.41, 5.74) is 1.11. The third kappa shape index (κ3) is 3.28. The van der Waals surface area contributed by atoms with Crippen molar-refractivity contribution < 1.29 is 9.84 Å². The molecule has 1 aromatic carbocycles. The highest BCUT2D eigenvalue weighted by Gasteiger charge is 2.26. The van der Waals surface area contributed by atoms with Crippen molar-refractivity contribution >= 4 is 15.9 Å². The molecular formula is C14H21BrN2O2. The molecule has 19 heavy (non-hydrogen) atoms. The number of piperazine rings is 1. The zero-order valence-electron chi connectivity index (χ0n) is 11.4. The molecule has 2 rings (SSSR count). The van der Waals surface area contributed by atoms with Gasteiger partial charge in [0.25, 0.3) is 0 Å². The Morgan fingerprint density at radius 2 is 2.37 bits per heavy atom. The molecule has 1 heterocycles. The largest absolute Gasteiger partial charge is 0.496 e. The molecule has 106 valence electrons. The van der Waals surface area contributed by atoms with Crippen LogP contribution in [0.15, 0.2) is 22.7 Å². The predicted octanol–water partition coefficient (Wildman–Crippen LogP) is 1.78. The minimum atomic E-state index is 0.0410. The lowest BCUT2D eigenvalue weighted by Crippen LogP contribution is -2.51. The van der Waals surface area contributed by atoms with Crippen LogP contribution in [0.25, 0.3) is 0 Å². The van der Waals surface area contributed by atoms with Crippen LogP contribution in [0.3, 0.4) is 0 Å². The van der Waals surface area contributed by atoms with Gasteiger partial charge in [0.2, 0.25) is 0 Å². The van der Waals surface area contributed by atoms with Crippen LogP contribution < -0.4 is 10.1 Å². The maximum atomic E-state index is 9.76. The standard InChI is InChI=1S/C14H21BrN2O2/c1-10-8-16-5-6-17(10)13(9-18)11-3-4-14(19-2)12(15)7-11/h3-4,7,10,13,16,18H,5-6,8-9H2,1-2H3. The van der Waals surface area contributed by atoms with Crippen LogP contribution in [-0.2, 0) is 0 Å². The Kier molecular flexibility index (Phi) is 5.21. The van der Waals surface area contributed by atoms with Gasteiger partial charge in [-0.2, -0.15) is 0 Å². The number of nitrogens with one attached hydrogen (secondary N) is 1. The number of rotatable bonds is 4. The van der Waals surface area contributed by atoms with Crippen LogP contribution >= 0.6 is 15.9 Å². The molecule has 0 aromatic heterocycles. The van der Waals surface area contributed by atoms with Crippen LogP contribution in [0.2, 0.25) is 0 Å². The number of methoxy groups -OCH3 is 1. The van der Waals surface area contributed by atoms with Crippen molar-refractivity contribution in [3.8, 4) is 5.75 Å². The monoisotopic (exact) mass is 328 g/mol. The Morgan fingerprint density at radius 3 is 2.95 bits per heavy atom. The lowest BCUT2D eigenvalue weighted by Gasteiger charge is -2.39. The van der Waals surface area contributed by atoms with Gasteiger partial charge in [0.1, 0.15) is 5.75 Å². The summed E-state index contributed by atoms with van der Waals surface area (Å²) in [5.74, 6) is 0.814. The number of halogens is 1. The van der Waals surface area contributed by atoms with E-state index in [1.54, 1.807) is 7.11 Å². The summed E-state index contributed by atoms with van der Waals surface area (Å²) >= 11 is 3.51. The summed E-state index contributed by atoms with van der Waals surface area (Å²) in [4.78, 5) is 2.35.